The zero-order valence-corrected chi connectivity index (χ0v) is 9.92. The number of rotatable bonds is 0. The molecule has 3 saturated carbocycles. The van der Waals surface area contributed by atoms with Gasteiger partial charge in [0.25, 0.3) is 0 Å². The maximum Gasteiger partial charge on any atom is 0.0563 e. The molecule has 2 heteroatoms. The van der Waals surface area contributed by atoms with Gasteiger partial charge in [-0.1, -0.05) is 13.8 Å². The first-order chi connectivity index (χ1) is 6.83. The van der Waals surface area contributed by atoms with E-state index in [-0.39, 0.29) is 11.6 Å². The molecule has 5 atom stereocenters. The van der Waals surface area contributed by atoms with Crippen molar-refractivity contribution in [2.24, 2.45) is 22.5 Å². The van der Waals surface area contributed by atoms with Crippen LogP contribution in [0.2, 0.25) is 0 Å². The van der Waals surface area contributed by atoms with Crippen molar-refractivity contribution in [3.05, 3.63) is 0 Å². The lowest BCUT2D eigenvalue weighted by Gasteiger charge is -2.43. The van der Waals surface area contributed by atoms with E-state index in [2.05, 4.69) is 13.8 Å². The summed E-state index contributed by atoms with van der Waals surface area (Å²) in [5.74, 6) is 0.762. The van der Waals surface area contributed by atoms with Crippen molar-refractivity contribution in [3.63, 3.8) is 0 Å². The van der Waals surface area contributed by atoms with Crippen molar-refractivity contribution in [1.82, 2.24) is 0 Å². The Morgan fingerprint density at radius 1 is 1.07 bits per heavy atom. The Morgan fingerprint density at radius 2 is 1.80 bits per heavy atom. The highest BCUT2D eigenvalue weighted by molar-refractivity contribution is 5.13. The van der Waals surface area contributed by atoms with Gasteiger partial charge in [0.15, 0.2) is 0 Å². The van der Waals surface area contributed by atoms with Gasteiger partial charge in [0.2, 0.25) is 0 Å². The molecule has 0 aliphatic heterocycles. The molecule has 3 N–H and O–H groups in total. The normalized spacial score (nSPS) is 63.2. The Morgan fingerprint density at radius 3 is 2.53 bits per heavy atom. The molecule has 0 heterocycles. The highest BCUT2D eigenvalue weighted by atomic mass is 16.3. The average Bonchev–Trinajstić information content (AvgIpc) is 2.09. The molecule has 0 aromatic heterocycles. The number of aliphatic hydroxyl groups excluding tert-OH is 1. The summed E-state index contributed by atoms with van der Waals surface area (Å²) in [5.41, 5.74) is 7.26. The fourth-order valence-electron chi connectivity index (χ4n) is 5.37. The second-order valence-electron chi connectivity index (χ2n) is 7.35. The smallest absolute Gasteiger partial charge is 0.0563 e. The Kier molecular flexibility index (Phi) is 1.75. The van der Waals surface area contributed by atoms with Crippen LogP contribution in [-0.4, -0.2) is 16.7 Å². The van der Waals surface area contributed by atoms with Gasteiger partial charge in [-0.15, -0.1) is 0 Å². The molecule has 15 heavy (non-hydrogen) atoms. The summed E-state index contributed by atoms with van der Waals surface area (Å²) >= 11 is 0. The number of hydrogen-bond acceptors (Lipinski definition) is 2. The molecule has 3 rings (SSSR count). The Labute approximate surface area is 92.2 Å². The van der Waals surface area contributed by atoms with Crippen molar-refractivity contribution in [3.8, 4) is 0 Å². The van der Waals surface area contributed by atoms with Crippen LogP contribution in [0.25, 0.3) is 0 Å². The maximum absolute atomic E-state index is 10.1. The molecule has 0 saturated heterocycles. The standard InChI is InChI=1S/C13H23NO/c1-11-3-9-4-13(14,8-11)6-10(15)5-12(9,2)7-11/h9-10,15H,3-8,14H2,1-2H3. The van der Waals surface area contributed by atoms with Gasteiger partial charge in [-0.2, -0.15) is 0 Å². The largest absolute Gasteiger partial charge is 0.393 e. The van der Waals surface area contributed by atoms with E-state index >= 15 is 0 Å². The first-order valence-corrected chi connectivity index (χ1v) is 6.30. The SMILES string of the molecule is CC12CC3CC(N)(CC(O)CC3(C)C1)C2. The predicted molar refractivity (Wildman–Crippen MR) is 60.3 cm³/mol. The molecule has 2 nitrogen and oxygen atoms in total. The molecular weight excluding hydrogens is 186 g/mol. The first-order valence-electron chi connectivity index (χ1n) is 6.30. The Hall–Kier alpha value is -0.0800. The molecule has 3 fully saturated rings. The van der Waals surface area contributed by atoms with E-state index in [1.165, 1.54) is 12.8 Å². The lowest BCUT2D eigenvalue weighted by molar-refractivity contribution is 0.0600. The van der Waals surface area contributed by atoms with Crippen LogP contribution in [0.3, 0.4) is 0 Å². The van der Waals surface area contributed by atoms with E-state index in [0.29, 0.717) is 10.8 Å². The van der Waals surface area contributed by atoms with Gasteiger partial charge in [0.1, 0.15) is 0 Å². The van der Waals surface area contributed by atoms with E-state index in [0.717, 1.165) is 31.6 Å². The highest BCUT2D eigenvalue weighted by Gasteiger charge is 2.59. The fourth-order valence-corrected chi connectivity index (χ4v) is 5.37. The minimum Gasteiger partial charge on any atom is -0.393 e. The van der Waals surface area contributed by atoms with Crippen LogP contribution >= 0.6 is 0 Å². The summed E-state index contributed by atoms with van der Waals surface area (Å²) in [7, 11) is 0. The average molecular weight is 209 g/mol. The molecule has 0 aromatic rings. The lowest BCUT2D eigenvalue weighted by Crippen LogP contribution is -2.49. The Balaban J connectivity index is 2.04. The molecular formula is C13H23NO. The zero-order chi connectivity index (χ0) is 10.9. The minimum atomic E-state index is -0.160. The van der Waals surface area contributed by atoms with Gasteiger partial charge in [-0.3, -0.25) is 0 Å². The molecule has 0 spiro atoms. The van der Waals surface area contributed by atoms with Crippen LogP contribution in [0.4, 0.5) is 0 Å². The molecule has 0 amide bonds. The summed E-state index contributed by atoms with van der Waals surface area (Å²) in [5, 5.41) is 10.1. The molecule has 86 valence electrons. The van der Waals surface area contributed by atoms with Crippen LogP contribution in [-0.2, 0) is 0 Å². The van der Waals surface area contributed by atoms with Crippen molar-refractivity contribution in [2.45, 2.75) is 64.0 Å². The van der Waals surface area contributed by atoms with Crippen molar-refractivity contribution in [1.29, 1.82) is 0 Å². The molecule has 5 unspecified atom stereocenters. The van der Waals surface area contributed by atoms with E-state index in [1.807, 2.05) is 0 Å². The lowest BCUT2D eigenvalue weighted by atomic mass is 9.67. The van der Waals surface area contributed by atoms with Crippen LogP contribution in [0, 0.1) is 16.7 Å². The third-order valence-electron chi connectivity index (χ3n) is 5.33. The van der Waals surface area contributed by atoms with Crippen LogP contribution < -0.4 is 5.73 Å². The van der Waals surface area contributed by atoms with Crippen LogP contribution in [0.5, 0.6) is 0 Å². The van der Waals surface area contributed by atoms with Crippen molar-refractivity contribution < 1.29 is 5.11 Å². The van der Waals surface area contributed by atoms with E-state index in [1.54, 1.807) is 0 Å². The summed E-state index contributed by atoms with van der Waals surface area (Å²) in [4.78, 5) is 0. The number of nitrogens with two attached hydrogens (primary N) is 1. The van der Waals surface area contributed by atoms with Crippen molar-refractivity contribution in [2.75, 3.05) is 0 Å². The molecule has 3 aliphatic carbocycles. The number of fused-ring (bicyclic) bond motifs is 2. The van der Waals surface area contributed by atoms with E-state index in [9.17, 15) is 5.11 Å². The topological polar surface area (TPSA) is 46.2 Å². The van der Waals surface area contributed by atoms with Crippen LogP contribution in [0.15, 0.2) is 0 Å². The number of aliphatic hydroxyl groups is 1. The maximum atomic E-state index is 10.1. The third-order valence-corrected chi connectivity index (χ3v) is 5.33. The summed E-state index contributed by atoms with van der Waals surface area (Å²) in [6, 6.07) is 0. The van der Waals surface area contributed by atoms with Crippen molar-refractivity contribution >= 4 is 0 Å². The monoisotopic (exact) mass is 209 g/mol. The molecule has 0 aromatic carbocycles. The Bertz CT molecular complexity index is 301. The van der Waals surface area contributed by atoms with Crippen LogP contribution in [0.1, 0.15) is 52.4 Å². The summed E-state index contributed by atoms with van der Waals surface area (Å²) in [6.07, 6.45) is 6.54. The summed E-state index contributed by atoms with van der Waals surface area (Å²) < 4.78 is 0. The minimum absolute atomic E-state index is 0.0641. The molecule has 3 aliphatic rings. The first kappa shape index (κ1) is 10.1. The van der Waals surface area contributed by atoms with Gasteiger partial charge in [-0.25, -0.2) is 0 Å². The van der Waals surface area contributed by atoms with E-state index in [4.69, 9.17) is 5.73 Å². The zero-order valence-electron chi connectivity index (χ0n) is 9.92. The van der Waals surface area contributed by atoms with Gasteiger partial charge in [0, 0.05) is 5.54 Å². The van der Waals surface area contributed by atoms with Gasteiger partial charge < -0.3 is 10.8 Å². The van der Waals surface area contributed by atoms with E-state index < -0.39 is 0 Å². The molecule has 3 bridgehead atoms. The van der Waals surface area contributed by atoms with Gasteiger partial charge >= 0.3 is 0 Å². The number of hydrogen-bond donors (Lipinski definition) is 2. The highest BCUT2D eigenvalue weighted by Crippen LogP contribution is 2.65. The fraction of sp³-hybridized carbons (Fsp3) is 1.00. The van der Waals surface area contributed by atoms with Gasteiger partial charge in [-0.05, 0) is 55.3 Å². The third kappa shape index (κ3) is 1.38. The molecule has 0 radical (unpaired) electrons. The second kappa shape index (κ2) is 2.60. The second-order valence-corrected chi connectivity index (χ2v) is 7.35. The quantitative estimate of drug-likeness (QED) is 0.641. The predicted octanol–water partition coefficient (Wildman–Crippen LogP) is 2.06. The van der Waals surface area contributed by atoms with Gasteiger partial charge in [0.05, 0.1) is 6.10 Å². The summed E-state index contributed by atoms with van der Waals surface area (Å²) in [6.45, 7) is 4.78.